The molecule has 0 fully saturated rings. The number of rotatable bonds is 2. The highest BCUT2D eigenvalue weighted by Crippen LogP contribution is 2.47. The van der Waals surface area contributed by atoms with Crippen LogP contribution in [0.1, 0.15) is 24.6 Å². The first-order valence-corrected chi connectivity index (χ1v) is 9.12. The van der Waals surface area contributed by atoms with Crippen molar-refractivity contribution in [3.05, 3.63) is 71.1 Å². The molecule has 1 unspecified atom stereocenters. The zero-order chi connectivity index (χ0) is 18.8. The van der Waals surface area contributed by atoms with Crippen molar-refractivity contribution in [3.8, 4) is 0 Å². The SMILES string of the molecule is C=C1C2=C(C=C3c4nc5ccccc5cc4CN13)C(CC)(OC)C(=O)OC2. The predicted octanol–water partition coefficient (Wildman–Crippen LogP) is 3.57. The summed E-state index contributed by atoms with van der Waals surface area (Å²) in [4.78, 5) is 19.6. The van der Waals surface area contributed by atoms with Crippen molar-refractivity contribution in [2.75, 3.05) is 13.7 Å². The third kappa shape index (κ3) is 2.03. The van der Waals surface area contributed by atoms with Gasteiger partial charge in [-0.05, 0) is 24.6 Å². The number of benzene rings is 1. The van der Waals surface area contributed by atoms with Gasteiger partial charge in [0.2, 0.25) is 0 Å². The van der Waals surface area contributed by atoms with Gasteiger partial charge in [0.1, 0.15) is 6.61 Å². The number of fused-ring (bicyclic) bond motifs is 4. The number of para-hydroxylation sites is 1. The molecule has 5 rings (SSSR count). The molecule has 5 heteroatoms. The first-order valence-electron chi connectivity index (χ1n) is 9.12. The number of pyridine rings is 1. The molecular formula is C22H20N2O3. The van der Waals surface area contributed by atoms with E-state index in [1.165, 1.54) is 0 Å². The lowest BCUT2D eigenvalue weighted by Crippen LogP contribution is -2.48. The Morgan fingerprint density at radius 1 is 1.37 bits per heavy atom. The molecule has 136 valence electrons. The van der Waals surface area contributed by atoms with E-state index in [0.717, 1.165) is 44.7 Å². The molecule has 4 heterocycles. The van der Waals surface area contributed by atoms with Crippen molar-refractivity contribution in [2.45, 2.75) is 25.5 Å². The molecule has 0 saturated heterocycles. The fraction of sp³-hybridized carbons (Fsp3) is 0.273. The maximum atomic E-state index is 12.6. The number of nitrogens with zero attached hydrogens (tertiary/aromatic N) is 2. The van der Waals surface area contributed by atoms with Gasteiger partial charge >= 0.3 is 5.97 Å². The zero-order valence-electron chi connectivity index (χ0n) is 15.4. The number of ether oxygens (including phenoxy) is 2. The monoisotopic (exact) mass is 360 g/mol. The molecular weight excluding hydrogens is 340 g/mol. The Kier molecular flexibility index (Phi) is 3.34. The Hall–Kier alpha value is -2.92. The van der Waals surface area contributed by atoms with E-state index >= 15 is 0 Å². The minimum Gasteiger partial charge on any atom is -0.458 e. The Labute approximate surface area is 157 Å². The molecule has 0 radical (unpaired) electrons. The van der Waals surface area contributed by atoms with E-state index in [9.17, 15) is 4.79 Å². The highest BCUT2D eigenvalue weighted by molar-refractivity contribution is 5.91. The number of aromatic nitrogens is 1. The molecule has 27 heavy (non-hydrogen) atoms. The first kappa shape index (κ1) is 16.3. The van der Waals surface area contributed by atoms with Gasteiger partial charge in [0.05, 0.1) is 23.5 Å². The van der Waals surface area contributed by atoms with Gasteiger partial charge in [0.25, 0.3) is 0 Å². The summed E-state index contributed by atoms with van der Waals surface area (Å²) in [6.07, 6.45) is 2.54. The third-order valence-electron chi connectivity index (χ3n) is 5.90. The molecule has 3 aliphatic heterocycles. The number of carbonyl (C=O) groups excluding carboxylic acids is 1. The molecule has 2 aromatic rings. The summed E-state index contributed by atoms with van der Waals surface area (Å²) in [5.41, 5.74) is 5.59. The molecule has 0 bridgehead atoms. The molecule has 0 aliphatic carbocycles. The van der Waals surface area contributed by atoms with Crippen LogP contribution in [0.3, 0.4) is 0 Å². The highest BCUT2D eigenvalue weighted by atomic mass is 16.6. The maximum absolute atomic E-state index is 12.6. The fourth-order valence-electron chi connectivity index (χ4n) is 4.37. The summed E-state index contributed by atoms with van der Waals surface area (Å²) in [5, 5.41) is 1.12. The van der Waals surface area contributed by atoms with Crippen molar-refractivity contribution < 1.29 is 14.3 Å². The highest BCUT2D eigenvalue weighted by Gasteiger charge is 2.49. The Morgan fingerprint density at radius 3 is 2.96 bits per heavy atom. The molecule has 0 saturated carbocycles. The van der Waals surface area contributed by atoms with Gasteiger partial charge < -0.3 is 14.4 Å². The normalized spacial score (nSPS) is 23.8. The lowest BCUT2D eigenvalue weighted by atomic mass is 9.82. The minimum atomic E-state index is -1.09. The first-order chi connectivity index (χ1) is 13.1. The van der Waals surface area contributed by atoms with Crippen LogP contribution in [0.15, 0.2) is 59.8 Å². The predicted molar refractivity (Wildman–Crippen MR) is 102 cm³/mol. The van der Waals surface area contributed by atoms with Crippen LogP contribution < -0.4 is 0 Å². The molecule has 1 aromatic heterocycles. The molecule has 0 N–H and O–H groups in total. The second-order valence-corrected chi connectivity index (χ2v) is 7.10. The summed E-state index contributed by atoms with van der Waals surface area (Å²) in [6, 6.07) is 10.3. The van der Waals surface area contributed by atoms with E-state index in [1.807, 2.05) is 31.2 Å². The third-order valence-corrected chi connectivity index (χ3v) is 5.90. The van der Waals surface area contributed by atoms with E-state index in [0.29, 0.717) is 13.0 Å². The Balaban J connectivity index is 1.73. The summed E-state index contributed by atoms with van der Waals surface area (Å²) >= 11 is 0. The number of carbonyl (C=O) groups is 1. The summed E-state index contributed by atoms with van der Waals surface area (Å²) in [7, 11) is 1.56. The van der Waals surface area contributed by atoms with Crippen molar-refractivity contribution in [3.63, 3.8) is 0 Å². The molecule has 1 atom stereocenters. The zero-order valence-corrected chi connectivity index (χ0v) is 15.4. The van der Waals surface area contributed by atoms with Gasteiger partial charge in [-0.3, -0.25) is 0 Å². The maximum Gasteiger partial charge on any atom is 0.343 e. The summed E-state index contributed by atoms with van der Waals surface area (Å²) < 4.78 is 11.2. The second-order valence-electron chi connectivity index (χ2n) is 7.10. The van der Waals surface area contributed by atoms with Gasteiger partial charge in [0.15, 0.2) is 5.60 Å². The van der Waals surface area contributed by atoms with Gasteiger partial charge in [-0.15, -0.1) is 0 Å². The lowest BCUT2D eigenvalue weighted by Gasteiger charge is -2.40. The lowest BCUT2D eigenvalue weighted by molar-refractivity contribution is -0.166. The van der Waals surface area contributed by atoms with Crippen molar-refractivity contribution in [2.24, 2.45) is 0 Å². The average molecular weight is 360 g/mol. The molecule has 5 nitrogen and oxygen atoms in total. The fourth-order valence-corrected chi connectivity index (χ4v) is 4.37. The number of esters is 1. The van der Waals surface area contributed by atoms with Gasteiger partial charge in [-0.2, -0.15) is 0 Å². The van der Waals surface area contributed by atoms with E-state index in [4.69, 9.17) is 14.5 Å². The quantitative estimate of drug-likeness (QED) is 0.767. The van der Waals surface area contributed by atoms with Crippen molar-refractivity contribution >= 4 is 22.6 Å². The van der Waals surface area contributed by atoms with Crippen molar-refractivity contribution in [1.29, 1.82) is 0 Å². The van der Waals surface area contributed by atoms with E-state index < -0.39 is 5.60 Å². The number of hydrogen-bond acceptors (Lipinski definition) is 5. The van der Waals surface area contributed by atoms with Crippen LogP contribution in [0.4, 0.5) is 0 Å². The van der Waals surface area contributed by atoms with Crippen LogP contribution in [0, 0.1) is 0 Å². The number of hydrogen-bond donors (Lipinski definition) is 0. The van der Waals surface area contributed by atoms with Gasteiger partial charge in [-0.1, -0.05) is 31.7 Å². The van der Waals surface area contributed by atoms with E-state index in [1.54, 1.807) is 7.11 Å². The van der Waals surface area contributed by atoms with Crippen LogP contribution in [0.25, 0.3) is 16.6 Å². The van der Waals surface area contributed by atoms with Crippen LogP contribution in [0.5, 0.6) is 0 Å². The minimum absolute atomic E-state index is 0.226. The van der Waals surface area contributed by atoms with Crippen molar-refractivity contribution in [1.82, 2.24) is 9.88 Å². The topological polar surface area (TPSA) is 51.7 Å². The number of methoxy groups -OCH3 is 1. The van der Waals surface area contributed by atoms with Gasteiger partial charge in [0, 0.05) is 34.9 Å². The van der Waals surface area contributed by atoms with Crippen LogP contribution >= 0.6 is 0 Å². The largest absolute Gasteiger partial charge is 0.458 e. The standard InChI is InChI=1S/C22H20N2O3/c1-4-22(26-3)17-10-19-20-15(9-14-7-5-6-8-18(14)23-20)11-24(19)13(2)16(17)12-27-21(22)25/h5-10H,2,4,11-12H2,1,3H3. The smallest absolute Gasteiger partial charge is 0.343 e. The summed E-state index contributed by atoms with van der Waals surface area (Å²) in [5.74, 6) is -0.339. The van der Waals surface area contributed by atoms with E-state index in [2.05, 4.69) is 23.6 Å². The van der Waals surface area contributed by atoms with Crippen LogP contribution in [0.2, 0.25) is 0 Å². The summed E-state index contributed by atoms with van der Waals surface area (Å²) in [6.45, 7) is 7.18. The second kappa shape index (κ2) is 5.54. The molecule has 0 amide bonds. The molecule has 0 spiro atoms. The van der Waals surface area contributed by atoms with Crippen LogP contribution in [-0.2, 0) is 20.8 Å². The van der Waals surface area contributed by atoms with Crippen LogP contribution in [-0.4, -0.2) is 35.2 Å². The average Bonchev–Trinajstić information content (AvgIpc) is 3.05. The molecule has 3 aliphatic rings. The van der Waals surface area contributed by atoms with E-state index in [-0.39, 0.29) is 12.6 Å². The van der Waals surface area contributed by atoms with Gasteiger partial charge in [-0.25, -0.2) is 9.78 Å². The Bertz CT molecular complexity index is 1080. The molecule has 1 aromatic carbocycles. The Morgan fingerprint density at radius 2 is 2.19 bits per heavy atom. The number of cyclic esters (lactones) is 1.